The van der Waals surface area contributed by atoms with Gasteiger partial charge in [0.15, 0.2) is 18.1 Å². The Morgan fingerprint density at radius 2 is 1.57 bits per heavy atom. The quantitative estimate of drug-likeness (QED) is 0.206. The van der Waals surface area contributed by atoms with E-state index in [0.717, 1.165) is 18.4 Å². The number of amides is 1. The molecule has 0 saturated carbocycles. The molecule has 40 heavy (non-hydrogen) atoms. The van der Waals surface area contributed by atoms with Gasteiger partial charge in [-0.05, 0) is 79.1 Å². The van der Waals surface area contributed by atoms with E-state index in [0.29, 0.717) is 41.5 Å². The topological polar surface area (TPSA) is 129 Å². The van der Waals surface area contributed by atoms with Crippen molar-refractivity contribution in [1.82, 2.24) is 4.72 Å². The molecule has 0 fully saturated rings. The van der Waals surface area contributed by atoms with Gasteiger partial charge in [-0.3, -0.25) is 4.79 Å². The molecule has 2 N–H and O–H groups in total. The highest BCUT2D eigenvalue weighted by Gasteiger charge is 2.14. The van der Waals surface area contributed by atoms with E-state index in [4.69, 9.17) is 18.9 Å². The Bertz CT molecular complexity index is 1370. The summed E-state index contributed by atoms with van der Waals surface area (Å²) in [7, 11) is -0.648. The lowest BCUT2D eigenvalue weighted by Gasteiger charge is -2.11. The number of esters is 1. The highest BCUT2D eigenvalue weighted by molar-refractivity contribution is 7.89. The number of carbonyl (C=O) groups excluding carboxylic acids is 2. The molecule has 0 saturated heterocycles. The predicted octanol–water partition coefficient (Wildman–Crippen LogP) is 4.20. The van der Waals surface area contributed by atoms with Gasteiger partial charge < -0.3 is 24.3 Å². The van der Waals surface area contributed by atoms with Gasteiger partial charge in [-0.1, -0.05) is 19.4 Å². The van der Waals surface area contributed by atoms with E-state index in [1.165, 1.54) is 24.3 Å². The van der Waals surface area contributed by atoms with Crippen LogP contribution in [0.25, 0.3) is 0 Å². The monoisotopic (exact) mass is 570 g/mol. The lowest BCUT2D eigenvalue weighted by molar-refractivity contribution is -0.118. The van der Waals surface area contributed by atoms with Crippen LogP contribution < -0.4 is 24.2 Å². The van der Waals surface area contributed by atoms with Crippen LogP contribution in [0.5, 0.6) is 17.2 Å². The van der Waals surface area contributed by atoms with Gasteiger partial charge in [-0.25, -0.2) is 17.9 Å². The highest BCUT2D eigenvalue weighted by Crippen LogP contribution is 2.27. The molecule has 10 nitrogen and oxygen atoms in total. The van der Waals surface area contributed by atoms with E-state index in [1.54, 1.807) is 50.6 Å². The number of rotatable bonds is 15. The van der Waals surface area contributed by atoms with Gasteiger partial charge in [0.1, 0.15) is 5.75 Å². The van der Waals surface area contributed by atoms with E-state index < -0.39 is 21.9 Å². The van der Waals surface area contributed by atoms with Crippen molar-refractivity contribution in [2.75, 3.05) is 39.3 Å². The normalized spacial score (nSPS) is 11.0. The van der Waals surface area contributed by atoms with Gasteiger partial charge in [0.2, 0.25) is 10.0 Å². The van der Waals surface area contributed by atoms with Crippen molar-refractivity contribution in [3.05, 3.63) is 77.9 Å². The largest absolute Gasteiger partial charge is 0.493 e. The number of carbonyl (C=O) groups is 2. The summed E-state index contributed by atoms with van der Waals surface area (Å²) >= 11 is 0. The zero-order valence-electron chi connectivity index (χ0n) is 22.8. The number of hydrogen-bond donors (Lipinski definition) is 2. The minimum absolute atomic E-state index is 0.0740. The third-order valence-electron chi connectivity index (χ3n) is 5.79. The molecule has 11 heteroatoms. The Morgan fingerprint density at radius 3 is 2.23 bits per heavy atom. The number of sulfonamides is 1. The Morgan fingerprint density at radius 1 is 0.875 bits per heavy atom. The van der Waals surface area contributed by atoms with E-state index in [9.17, 15) is 18.0 Å². The maximum absolute atomic E-state index is 12.7. The number of methoxy groups -OCH3 is 2. The summed E-state index contributed by atoms with van der Waals surface area (Å²) in [5.74, 6) is 0.691. The summed E-state index contributed by atoms with van der Waals surface area (Å²) in [5.41, 5.74) is 1.79. The van der Waals surface area contributed by atoms with E-state index >= 15 is 0 Å². The number of benzene rings is 3. The molecular formula is C29H34N2O8S. The van der Waals surface area contributed by atoms with E-state index in [2.05, 4.69) is 10.0 Å². The SMILES string of the molecule is CCCCOC(=O)c1ccc(NC(=O)COc2ccc(S(=O)(=O)NCCc3ccc(OC)c(OC)c3)cc2)cc1. The third kappa shape index (κ3) is 8.99. The van der Waals surface area contributed by atoms with Crippen LogP contribution >= 0.6 is 0 Å². The van der Waals surface area contributed by atoms with Crippen LogP contribution in [0.15, 0.2) is 71.6 Å². The summed E-state index contributed by atoms with van der Waals surface area (Å²) in [6.07, 6.45) is 2.20. The Labute approximate surface area is 234 Å². The molecule has 214 valence electrons. The van der Waals surface area contributed by atoms with Gasteiger partial charge in [0.05, 0.1) is 31.3 Å². The van der Waals surface area contributed by atoms with Crippen LogP contribution in [-0.2, 0) is 26.0 Å². The summed E-state index contributed by atoms with van der Waals surface area (Å²) in [4.78, 5) is 24.3. The summed E-state index contributed by atoms with van der Waals surface area (Å²) in [5, 5.41) is 2.68. The molecule has 0 radical (unpaired) electrons. The summed E-state index contributed by atoms with van der Waals surface area (Å²) in [6, 6.07) is 17.5. The van der Waals surface area contributed by atoms with Crippen molar-refractivity contribution >= 4 is 27.6 Å². The molecule has 0 bridgehead atoms. The van der Waals surface area contributed by atoms with Gasteiger partial charge in [-0.2, -0.15) is 0 Å². The van der Waals surface area contributed by atoms with Crippen molar-refractivity contribution in [3.8, 4) is 17.2 Å². The number of anilines is 1. The molecule has 0 aliphatic carbocycles. The summed E-state index contributed by atoms with van der Waals surface area (Å²) < 4.78 is 49.1. The first-order valence-electron chi connectivity index (χ1n) is 12.8. The van der Waals surface area contributed by atoms with Gasteiger partial charge in [0.25, 0.3) is 5.91 Å². The Hall–Kier alpha value is -4.09. The molecule has 3 aromatic carbocycles. The fourth-order valence-corrected chi connectivity index (χ4v) is 4.62. The minimum atomic E-state index is -3.74. The van der Waals surface area contributed by atoms with E-state index in [1.807, 2.05) is 13.0 Å². The molecule has 0 heterocycles. The summed E-state index contributed by atoms with van der Waals surface area (Å²) in [6.45, 7) is 2.29. The second kappa shape index (κ2) is 14.9. The number of nitrogens with one attached hydrogen (secondary N) is 2. The predicted molar refractivity (Wildman–Crippen MR) is 151 cm³/mol. The maximum Gasteiger partial charge on any atom is 0.338 e. The van der Waals surface area contributed by atoms with Crippen LogP contribution in [0.1, 0.15) is 35.7 Å². The highest BCUT2D eigenvalue weighted by atomic mass is 32.2. The molecule has 0 spiro atoms. The fraction of sp³-hybridized carbons (Fsp3) is 0.310. The maximum atomic E-state index is 12.7. The average Bonchev–Trinajstić information content (AvgIpc) is 2.96. The number of hydrogen-bond acceptors (Lipinski definition) is 8. The number of unbranched alkanes of at least 4 members (excludes halogenated alkanes) is 1. The van der Waals surface area contributed by atoms with E-state index in [-0.39, 0.29) is 18.0 Å². The first-order valence-corrected chi connectivity index (χ1v) is 14.2. The lowest BCUT2D eigenvalue weighted by atomic mass is 10.1. The standard InChI is InChI=1S/C29H34N2O8S/c1-4-5-18-38-29(33)22-7-9-23(10-8-22)31-28(32)20-39-24-11-13-25(14-12-24)40(34,35)30-17-16-21-6-15-26(36-2)27(19-21)37-3/h6-15,19,30H,4-5,16-18,20H2,1-3H3,(H,31,32). The van der Waals surface area contributed by atoms with Crippen LogP contribution in [-0.4, -0.2) is 54.3 Å². The smallest absolute Gasteiger partial charge is 0.338 e. The Balaban J connectivity index is 1.45. The molecule has 3 rings (SSSR count). The molecule has 0 unspecified atom stereocenters. The van der Waals surface area contributed by atoms with Crippen molar-refractivity contribution in [3.63, 3.8) is 0 Å². The van der Waals surface area contributed by atoms with Crippen LogP contribution in [0.3, 0.4) is 0 Å². The molecular weight excluding hydrogens is 536 g/mol. The minimum Gasteiger partial charge on any atom is -0.493 e. The molecule has 1 amide bonds. The van der Waals surface area contributed by atoms with Crippen molar-refractivity contribution in [2.24, 2.45) is 0 Å². The molecule has 0 aliphatic heterocycles. The van der Waals surface area contributed by atoms with Crippen molar-refractivity contribution in [1.29, 1.82) is 0 Å². The zero-order valence-corrected chi connectivity index (χ0v) is 23.6. The Kier molecular flexibility index (Phi) is 11.3. The molecule has 0 aromatic heterocycles. The van der Waals surface area contributed by atoms with Crippen LogP contribution in [0.4, 0.5) is 5.69 Å². The third-order valence-corrected chi connectivity index (χ3v) is 7.27. The van der Waals surface area contributed by atoms with Gasteiger partial charge in [0, 0.05) is 12.2 Å². The molecule has 0 atom stereocenters. The molecule has 3 aromatic rings. The second-order valence-corrected chi connectivity index (χ2v) is 10.5. The van der Waals surface area contributed by atoms with Crippen molar-refractivity contribution in [2.45, 2.75) is 31.1 Å². The average molecular weight is 571 g/mol. The second-order valence-electron chi connectivity index (χ2n) is 8.71. The van der Waals surface area contributed by atoms with Crippen LogP contribution in [0.2, 0.25) is 0 Å². The first-order chi connectivity index (χ1) is 19.2. The van der Waals surface area contributed by atoms with Crippen LogP contribution in [0, 0.1) is 0 Å². The number of ether oxygens (including phenoxy) is 4. The first kappa shape index (κ1) is 30.5. The van der Waals surface area contributed by atoms with Crippen molar-refractivity contribution < 1.29 is 37.0 Å². The van der Waals surface area contributed by atoms with Gasteiger partial charge >= 0.3 is 5.97 Å². The molecule has 0 aliphatic rings. The van der Waals surface area contributed by atoms with Gasteiger partial charge in [-0.15, -0.1) is 0 Å². The lowest BCUT2D eigenvalue weighted by Crippen LogP contribution is -2.26. The zero-order chi connectivity index (χ0) is 29.0. The fourth-order valence-electron chi connectivity index (χ4n) is 3.59.